The molecule has 4 rings (SSSR count). The summed E-state index contributed by atoms with van der Waals surface area (Å²) in [5.41, 5.74) is 1.15. The first kappa shape index (κ1) is 22.9. The molecule has 2 aliphatic heterocycles. The van der Waals surface area contributed by atoms with Crippen molar-refractivity contribution in [1.82, 2.24) is 10.2 Å². The standard InChI is InChI=1S/C23H31N3O5S/c1-23(24-12-19(13-25-23)22(27)28)26-9-7-17(8-10-26)21-11-18(21)15-31-14-16-3-5-20(6-4-16)32(2,29)30/h3-6,12-13,17-18,21,24H,7-11,14-15H2,1-2H3,(H,27,28)/t18-,21+,23?/m0/s1. The van der Waals surface area contributed by atoms with Crippen molar-refractivity contribution < 1.29 is 23.1 Å². The Morgan fingerprint density at radius 2 is 1.97 bits per heavy atom. The summed E-state index contributed by atoms with van der Waals surface area (Å²) in [5, 5.41) is 12.2. The van der Waals surface area contributed by atoms with Crippen molar-refractivity contribution in [3.63, 3.8) is 0 Å². The molecule has 32 heavy (non-hydrogen) atoms. The molecular formula is C23H31N3O5S. The predicted molar refractivity (Wildman–Crippen MR) is 121 cm³/mol. The van der Waals surface area contributed by atoms with Gasteiger partial charge in [0, 0.05) is 31.8 Å². The maximum absolute atomic E-state index is 11.5. The van der Waals surface area contributed by atoms with Crippen molar-refractivity contribution in [2.45, 2.75) is 43.5 Å². The number of ether oxygens (including phenoxy) is 1. The first-order valence-electron chi connectivity index (χ1n) is 11.0. The van der Waals surface area contributed by atoms with E-state index in [9.17, 15) is 13.2 Å². The van der Waals surface area contributed by atoms with E-state index in [0.717, 1.165) is 38.1 Å². The Bertz CT molecular complexity index is 1010. The number of likely N-dealkylation sites (tertiary alicyclic amines) is 1. The number of benzene rings is 1. The lowest BCUT2D eigenvalue weighted by Crippen LogP contribution is -2.57. The van der Waals surface area contributed by atoms with Gasteiger partial charge in [-0.2, -0.15) is 0 Å². The fraction of sp³-hybridized carbons (Fsp3) is 0.565. The number of carboxylic acids is 1. The number of carboxylic acid groups (broad SMARTS) is 1. The van der Waals surface area contributed by atoms with E-state index in [1.165, 1.54) is 25.1 Å². The van der Waals surface area contributed by atoms with E-state index in [1.807, 2.05) is 19.1 Å². The van der Waals surface area contributed by atoms with Gasteiger partial charge >= 0.3 is 5.97 Å². The molecule has 1 saturated carbocycles. The monoisotopic (exact) mass is 461 g/mol. The van der Waals surface area contributed by atoms with Crippen LogP contribution in [0.3, 0.4) is 0 Å². The lowest BCUT2D eigenvalue weighted by atomic mass is 9.90. The Morgan fingerprint density at radius 3 is 2.53 bits per heavy atom. The van der Waals surface area contributed by atoms with E-state index >= 15 is 0 Å². The van der Waals surface area contributed by atoms with Gasteiger partial charge in [0.25, 0.3) is 0 Å². The molecule has 0 radical (unpaired) electrons. The van der Waals surface area contributed by atoms with Gasteiger partial charge in [0.05, 0.1) is 23.7 Å². The van der Waals surface area contributed by atoms with Crippen molar-refractivity contribution in [3.8, 4) is 0 Å². The van der Waals surface area contributed by atoms with Gasteiger partial charge in [-0.1, -0.05) is 12.1 Å². The zero-order valence-corrected chi connectivity index (χ0v) is 19.3. The normalized spacial score (nSPS) is 28.8. The number of hydrogen-bond acceptors (Lipinski definition) is 7. The van der Waals surface area contributed by atoms with Crippen molar-refractivity contribution in [3.05, 3.63) is 41.6 Å². The highest BCUT2D eigenvalue weighted by molar-refractivity contribution is 7.90. The van der Waals surface area contributed by atoms with Gasteiger partial charge in [-0.05, 0) is 61.6 Å². The van der Waals surface area contributed by atoms with Crippen LogP contribution in [0.15, 0.2) is 45.9 Å². The summed E-state index contributed by atoms with van der Waals surface area (Å²) >= 11 is 0. The fourth-order valence-corrected chi connectivity index (χ4v) is 5.37. The highest BCUT2D eigenvalue weighted by atomic mass is 32.2. The first-order chi connectivity index (χ1) is 15.2. The van der Waals surface area contributed by atoms with Gasteiger partial charge in [0.15, 0.2) is 15.6 Å². The third-order valence-electron chi connectivity index (χ3n) is 6.89. The second-order valence-corrected chi connectivity index (χ2v) is 11.3. The largest absolute Gasteiger partial charge is 0.478 e. The molecule has 0 bridgehead atoms. The van der Waals surface area contributed by atoms with Gasteiger partial charge in [-0.3, -0.25) is 4.90 Å². The Labute approximate surface area is 189 Å². The molecule has 3 atom stereocenters. The van der Waals surface area contributed by atoms with E-state index in [-0.39, 0.29) is 5.57 Å². The number of hydrogen-bond donors (Lipinski definition) is 2. The molecule has 1 aliphatic carbocycles. The van der Waals surface area contributed by atoms with Crippen molar-refractivity contribution in [1.29, 1.82) is 0 Å². The molecule has 1 unspecified atom stereocenters. The summed E-state index contributed by atoms with van der Waals surface area (Å²) < 4.78 is 29.0. The molecule has 2 heterocycles. The zero-order valence-electron chi connectivity index (χ0n) is 18.5. The van der Waals surface area contributed by atoms with Gasteiger partial charge in [-0.25, -0.2) is 18.2 Å². The summed E-state index contributed by atoms with van der Waals surface area (Å²) in [5.74, 6) is 0.441. The maximum Gasteiger partial charge on any atom is 0.338 e. The van der Waals surface area contributed by atoms with Gasteiger partial charge in [0.2, 0.25) is 0 Å². The summed E-state index contributed by atoms with van der Waals surface area (Å²) in [4.78, 5) is 18.1. The molecule has 3 aliphatic rings. The van der Waals surface area contributed by atoms with Crippen LogP contribution in [-0.2, 0) is 26.0 Å². The molecular weight excluding hydrogens is 430 g/mol. The number of sulfone groups is 1. The van der Waals surface area contributed by atoms with Crippen molar-refractivity contribution >= 4 is 22.0 Å². The second kappa shape index (κ2) is 8.96. The Balaban J connectivity index is 1.18. The highest BCUT2D eigenvalue weighted by Gasteiger charge is 2.45. The molecule has 2 fully saturated rings. The molecule has 1 aromatic rings. The topological polar surface area (TPSA) is 108 Å². The minimum atomic E-state index is -3.17. The number of nitrogens with zero attached hydrogens (tertiary/aromatic N) is 2. The number of aliphatic imine (C=N–C) groups is 1. The van der Waals surface area contributed by atoms with E-state index in [1.54, 1.807) is 12.1 Å². The van der Waals surface area contributed by atoms with Crippen LogP contribution in [-0.4, -0.2) is 62.3 Å². The van der Waals surface area contributed by atoms with Crippen molar-refractivity contribution in [2.24, 2.45) is 22.7 Å². The van der Waals surface area contributed by atoms with E-state index in [4.69, 9.17) is 9.84 Å². The molecule has 0 spiro atoms. The first-order valence-corrected chi connectivity index (χ1v) is 12.9. The average Bonchev–Trinajstić information content (AvgIpc) is 3.53. The van der Waals surface area contributed by atoms with Gasteiger partial charge in [-0.15, -0.1) is 0 Å². The summed E-state index contributed by atoms with van der Waals surface area (Å²) in [6.45, 7) is 5.08. The zero-order chi connectivity index (χ0) is 22.9. The van der Waals surface area contributed by atoms with Crippen LogP contribution in [0.1, 0.15) is 31.7 Å². The second-order valence-electron chi connectivity index (χ2n) is 9.24. The number of piperidine rings is 1. The highest BCUT2D eigenvalue weighted by Crippen LogP contribution is 2.48. The van der Waals surface area contributed by atoms with Crippen molar-refractivity contribution in [2.75, 3.05) is 26.0 Å². The minimum absolute atomic E-state index is 0.171. The molecule has 2 N–H and O–H groups in total. The summed E-state index contributed by atoms with van der Waals surface area (Å²) in [6.07, 6.45) is 7.60. The van der Waals surface area contributed by atoms with Crippen LogP contribution in [0.5, 0.6) is 0 Å². The third-order valence-corrected chi connectivity index (χ3v) is 8.02. The van der Waals surface area contributed by atoms with Crippen LogP contribution in [0, 0.1) is 17.8 Å². The summed E-state index contributed by atoms with van der Waals surface area (Å²) in [7, 11) is -3.17. The Kier molecular flexibility index (Phi) is 6.42. The number of aliphatic carboxylic acids is 1. The molecule has 9 heteroatoms. The van der Waals surface area contributed by atoms with Gasteiger partial charge < -0.3 is 15.2 Å². The van der Waals surface area contributed by atoms with E-state index in [2.05, 4.69) is 15.2 Å². The molecule has 0 amide bonds. The van der Waals surface area contributed by atoms with E-state index < -0.39 is 21.6 Å². The number of rotatable bonds is 8. The molecule has 174 valence electrons. The van der Waals surface area contributed by atoms with Crippen LogP contribution < -0.4 is 5.32 Å². The lowest BCUT2D eigenvalue weighted by molar-refractivity contribution is -0.132. The fourth-order valence-electron chi connectivity index (χ4n) is 4.74. The number of nitrogens with one attached hydrogen (secondary N) is 1. The van der Waals surface area contributed by atoms with Crippen LogP contribution >= 0.6 is 0 Å². The van der Waals surface area contributed by atoms with Crippen LogP contribution in [0.25, 0.3) is 0 Å². The summed E-state index contributed by atoms with van der Waals surface area (Å²) in [6, 6.07) is 6.89. The Hall–Kier alpha value is -2.23. The van der Waals surface area contributed by atoms with Gasteiger partial charge in [0.1, 0.15) is 0 Å². The number of carbonyl (C=O) groups is 1. The molecule has 1 aromatic carbocycles. The third kappa shape index (κ3) is 5.22. The maximum atomic E-state index is 11.5. The Morgan fingerprint density at radius 1 is 1.28 bits per heavy atom. The average molecular weight is 462 g/mol. The molecule has 8 nitrogen and oxygen atoms in total. The van der Waals surface area contributed by atoms with E-state index in [0.29, 0.717) is 29.3 Å². The molecule has 1 saturated heterocycles. The predicted octanol–water partition coefficient (Wildman–Crippen LogP) is 2.27. The SMILES string of the molecule is CC1(N2CCC([C@H]3C[C@H]3COCc3ccc(S(C)(=O)=O)cc3)CC2)N=CC(C(=O)O)=CN1. The molecule has 0 aromatic heterocycles. The van der Waals surface area contributed by atoms with Crippen LogP contribution in [0.2, 0.25) is 0 Å². The quantitative estimate of drug-likeness (QED) is 0.611. The minimum Gasteiger partial charge on any atom is -0.478 e. The smallest absolute Gasteiger partial charge is 0.338 e. The van der Waals surface area contributed by atoms with Crippen LogP contribution in [0.4, 0.5) is 0 Å². The lowest BCUT2D eigenvalue weighted by Gasteiger charge is -2.43.